The first-order valence-corrected chi connectivity index (χ1v) is 4.52. The molecular weight excluding hydrogens is 236 g/mol. The second kappa shape index (κ2) is 4.23. The van der Waals surface area contributed by atoms with Gasteiger partial charge in [0.15, 0.2) is 0 Å². The van der Waals surface area contributed by atoms with Gasteiger partial charge in [0, 0.05) is 6.20 Å². The Labute approximate surface area is 84.2 Å². The molecule has 0 saturated heterocycles. The number of aromatic nitrogens is 1. The number of carbonyl (C=O) groups is 1. The second-order valence-electron chi connectivity index (χ2n) is 2.32. The number of halogens is 1. The summed E-state index contributed by atoms with van der Waals surface area (Å²) in [5.41, 5.74) is 6.32. The number of nitrogen functional groups attached to an aromatic ring is 1. The number of ether oxygens (including phenoxy) is 1. The molecule has 2 N–H and O–H groups in total. The maximum atomic E-state index is 11.2. The average Bonchev–Trinajstić information content (AvgIpc) is 2.10. The van der Waals surface area contributed by atoms with E-state index in [2.05, 4.69) is 20.9 Å². The molecule has 70 valence electrons. The molecule has 4 nitrogen and oxygen atoms in total. The minimum absolute atomic E-state index is 0.342. The molecule has 0 aliphatic rings. The molecule has 0 unspecified atom stereocenters. The van der Waals surface area contributed by atoms with Crippen LogP contribution in [-0.4, -0.2) is 17.6 Å². The molecule has 0 saturated carbocycles. The Bertz CT molecular complexity index is 328. The van der Waals surface area contributed by atoms with Crippen LogP contribution in [0.15, 0.2) is 16.9 Å². The fraction of sp³-hybridized carbons (Fsp3) is 0.250. The monoisotopic (exact) mass is 244 g/mol. The van der Waals surface area contributed by atoms with Gasteiger partial charge in [-0.3, -0.25) is 0 Å². The van der Waals surface area contributed by atoms with Gasteiger partial charge in [0.2, 0.25) is 0 Å². The normalized spacial score (nSPS) is 9.69. The fourth-order valence-electron chi connectivity index (χ4n) is 0.791. The Balaban J connectivity index is 2.90. The van der Waals surface area contributed by atoms with Crippen molar-refractivity contribution >= 4 is 27.6 Å². The van der Waals surface area contributed by atoms with E-state index in [1.165, 1.54) is 12.3 Å². The summed E-state index contributed by atoms with van der Waals surface area (Å²) in [7, 11) is 0. The minimum atomic E-state index is -0.408. The third-order valence-electron chi connectivity index (χ3n) is 1.38. The third kappa shape index (κ3) is 2.42. The summed E-state index contributed by atoms with van der Waals surface area (Å²) >= 11 is 3.13. The Morgan fingerprint density at radius 1 is 1.77 bits per heavy atom. The second-order valence-corrected chi connectivity index (χ2v) is 3.08. The smallest absolute Gasteiger partial charge is 0.339 e. The number of nitrogens with zero attached hydrogens (tertiary/aromatic N) is 1. The molecule has 0 atom stereocenters. The highest BCUT2D eigenvalue weighted by atomic mass is 79.9. The highest BCUT2D eigenvalue weighted by Crippen LogP contribution is 2.17. The number of nitrogens with two attached hydrogens (primary N) is 1. The van der Waals surface area contributed by atoms with Gasteiger partial charge in [-0.15, -0.1) is 0 Å². The van der Waals surface area contributed by atoms with Crippen molar-refractivity contribution in [2.24, 2.45) is 0 Å². The maximum absolute atomic E-state index is 11.2. The summed E-state index contributed by atoms with van der Waals surface area (Å²) in [6.07, 6.45) is 1.42. The van der Waals surface area contributed by atoms with E-state index in [1.807, 2.05) is 0 Å². The lowest BCUT2D eigenvalue weighted by Gasteiger charge is -2.02. The third-order valence-corrected chi connectivity index (χ3v) is 2.04. The van der Waals surface area contributed by atoms with Gasteiger partial charge in [0.25, 0.3) is 0 Å². The van der Waals surface area contributed by atoms with E-state index in [0.29, 0.717) is 22.5 Å². The molecule has 1 aromatic heterocycles. The Kier molecular flexibility index (Phi) is 3.25. The Morgan fingerprint density at radius 2 is 2.46 bits per heavy atom. The Hall–Kier alpha value is -1.10. The van der Waals surface area contributed by atoms with Crippen molar-refractivity contribution in [1.82, 2.24) is 4.98 Å². The van der Waals surface area contributed by atoms with Crippen LogP contribution in [0.4, 0.5) is 5.69 Å². The van der Waals surface area contributed by atoms with Crippen LogP contribution in [0.1, 0.15) is 17.3 Å². The number of rotatable bonds is 2. The van der Waals surface area contributed by atoms with Gasteiger partial charge in [0.1, 0.15) is 4.60 Å². The zero-order valence-electron chi connectivity index (χ0n) is 7.08. The summed E-state index contributed by atoms with van der Waals surface area (Å²) in [5.74, 6) is -0.408. The first-order valence-electron chi connectivity index (χ1n) is 3.73. The summed E-state index contributed by atoms with van der Waals surface area (Å²) < 4.78 is 5.30. The molecule has 0 bridgehead atoms. The van der Waals surface area contributed by atoms with Crippen molar-refractivity contribution in [2.75, 3.05) is 12.3 Å². The standard InChI is InChI=1S/C8H9BrN2O2/c1-2-13-8(12)5-3-6(10)7(9)11-4-5/h3-4H,2,10H2,1H3. The molecular formula is C8H9BrN2O2. The van der Waals surface area contributed by atoms with E-state index >= 15 is 0 Å². The van der Waals surface area contributed by atoms with Crippen LogP contribution in [0, 0.1) is 0 Å². The van der Waals surface area contributed by atoms with Crippen LogP contribution < -0.4 is 5.73 Å². The fourth-order valence-corrected chi connectivity index (χ4v) is 1.01. The number of pyridine rings is 1. The molecule has 0 amide bonds. The quantitative estimate of drug-likeness (QED) is 0.634. The zero-order chi connectivity index (χ0) is 9.84. The maximum Gasteiger partial charge on any atom is 0.339 e. The van der Waals surface area contributed by atoms with Crippen molar-refractivity contribution < 1.29 is 9.53 Å². The molecule has 0 spiro atoms. The SMILES string of the molecule is CCOC(=O)c1cnc(Br)c(N)c1. The van der Waals surface area contributed by atoms with Crippen LogP contribution in [0.25, 0.3) is 0 Å². The number of hydrogen-bond acceptors (Lipinski definition) is 4. The molecule has 13 heavy (non-hydrogen) atoms. The number of carbonyl (C=O) groups excluding carboxylic acids is 1. The van der Waals surface area contributed by atoms with Gasteiger partial charge >= 0.3 is 5.97 Å². The molecule has 0 radical (unpaired) electrons. The van der Waals surface area contributed by atoms with Gasteiger partial charge in [-0.25, -0.2) is 9.78 Å². The summed E-state index contributed by atoms with van der Waals surface area (Å²) in [4.78, 5) is 15.0. The topological polar surface area (TPSA) is 65.2 Å². The summed E-state index contributed by atoms with van der Waals surface area (Å²) in [6, 6.07) is 1.52. The number of anilines is 1. The summed E-state index contributed by atoms with van der Waals surface area (Å²) in [5, 5.41) is 0. The lowest BCUT2D eigenvalue weighted by molar-refractivity contribution is 0.0526. The molecule has 1 heterocycles. The van der Waals surface area contributed by atoms with Gasteiger partial charge in [-0.1, -0.05) is 0 Å². The molecule has 0 aromatic carbocycles. The van der Waals surface area contributed by atoms with Crippen molar-refractivity contribution in [1.29, 1.82) is 0 Å². The lowest BCUT2D eigenvalue weighted by atomic mass is 10.3. The van der Waals surface area contributed by atoms with Crippen molar-refractivity contribution in [2.45, 2.75) is 6.92 Å². The average molecular weight is 245 g/mol. The number of hydrogen-bond donors (Lipinski definition) is 1. The van der Waals surface area contributed by atoms with Gasteiger partial charge < -0.3 is 10.5 Å². The minimum Gasteiger partial charge on any atom is -0.462 e. The molecule has 5 heteroatoms. The van der Waals surface area contributed by atoms with Gasteiger partial charge in [0.05, 0.1) is 17.9 Å². The molecule has 0 aliphatic carbocycles. The van der Waals surface area contributed by atoms with Crippen molar-refractivity contribution in [3.05, 3.63) is 22.4 Å². The van der Waals surface area contributed by atoms with Crippen LogP contribution in [0.5, 0.6) is 0 Å². The lowest BCUT2D eigenvalue weighted by Crippen LogP contribution is -2.06. The highest BCUT2D eigenvalue weighted by molar-refractivity contribution is 9.10. The van der Waals surface area contributed by atoms with Crippen LogP contribution in [0.2, 0.25) is 0 Å². The molecule has 1 rings (SSSR count). The van der Waals surface area contributed by atoms with E-state index in [9.17, 15) is 4.79 Å². The van der Waals surface area contributed by atoms with E-state index in [1.54, 1.807) is 6.92 Å². The van der Waals surface area contributed by atoms with Gasteiger partial charge in [-0.05, 0) is 28.9 Å². The van der Waals surface area contributed by atoms with E-state index in [4.69, 9.17) is 10.5 Å². The molecule has 1 aromatic rings. The van der Waals surface area contributed by atoms with Crippen molar-refractivity contribution in [3.63, 3.8) is 0 Å². The van der Waals surface area contributed by atoms with E-state index in [0.717, 1.165) is 0 Å². The van der Waals surface area contributed by atoms with E-state index in [-0.39, 0.29) is 0 Å². The summed E-state index contributed by atoms with van der Waals surface area (Å²) in [6.45, 7) is 2.09. The predicted octanol–water partition coefficient (Wildman–Crippen LogP) is 1.60. The van der Waals surface area contributed by atoms with Gasteiger partial charge in [-0.2, -0.15) is 0 Å². The van der Waals surface area contributed by atoms with E-state index < -0.39 is 5.97 Å². The molecule has 0 aliphatic heterocycles. The predicted molar refractivity (Wildman–Crippen MR) is 52.3 cm³/mol. The first kappa shape index (κ1) is 9.98. The van der Waals surface area contributed by atoms with Crippen LogP contribution in [-0.2, 0) is 4.74 Å². The molecule has 0 fully saturated rings. The first-order chi connectivity index (χ1) is 6.15. The highest BCUT2D eigenvalue weighted by Gasteiger charge is 2.08. The largest absolute Gasteiger partial charge is 0.462 e. The van der Waals surface area contributed by atoms with Crippen LogP contribution in [0.3, 0.4) is 0 Å². The van der Waals surface area contributed by atoms with Crippen molar-refractivity contribution in [3.8, 4) is 0 Å². The van der Waals surface area contributed by atoms with Crippen LogP contribution >= 0.6 is 15.9 Å². The number of esters is 1. The Morgan fingerprint density at radius 3 is 3.00 bits per heavy atom. The zero-order valence-corrected chi connectivity index (χ0v) is 8.67.